The van der Waals surface area contributed by atoms with Crippen molar-refractivity contribution in [1.82, 2.24) is 5.16 Å². The number of benzene rings is 3. The third-order valence-electron chi connectivity index (χ3n) is 6.87. The zero-order valence-corrected chi connectivity index (χ0v) is 19.9. The number of fused-ring (bicyclic) bond motifs is 3. The van der Waals surface area contributed by atoms with Gasteiger partial charge >= 0.3 is 5.97 Å². The Kier molecular flexibility index (Phi) is 5.51. The number of methoxy groups -OCH3 is 1. The maximum atomic E-state index is 15.0. The smallest absolute Gasteiger partial charge is 0.306 e. The number of nitrogens with zero attached hydrogens (tertiary/aromatic N) is 1. The second-order valence-electron chi connectivity index (χ2n) is 9.10. The molecule has 1 aromatic heterocycles. The number of esters is 1. The highest BCUT2D eigenvalue weighted by molar-refractivity contribution is 5.80. The first-order chi connectivity index (χ1) is 17.5. The Hall–Kier alpha value is -4.07. The van der Waals surface area contributed by atoms with Crippen LogP contribution in [0.1, 0.15) is 47.2 Å². The molecule has 7 nitrogen and oxygen atoms in total. The first kappa shape index (κ1) is 22.4. The molecule has 0 unspecified atom stereocenters. The van der Waals surface area contributed by atoms with E-state index in [0.717, 1.165) is 22.2 Å². The van der Waals surface area contributed by atoms with Crippen molar-refractivity contribution in [3.05, 3.63) is 76.7 Å². The van der Waals surface area contributed by atoms with Gasteiger partial charge in [0.2, 0.25) is 0 Å². The predicted molar refractivity (Wildman–Crippen MR) is 128 cm³/mol. The van der Waals surface area contributed by atoms with Crippen molar-refractivity contribution in [1.29, 1.82) is 0 Å². The first-order valence-corrected chi connectivity index (χ1v) is 11.9. The van der Waals surface area contributed by atoms with Crippen LogP contribution in [0.5, 0.6) is 23.0 Å². The molecular weight excluding hydrogens is 465 g/mol. The molecule has 0 spiro atoms. The Labute approximate surface area is 206 Å². The molecule has 2 heterocycles. The lowest BCUT2D eigenvalue weighted by molar-refractivity contribution is -0.141. The zero-order chi connectivity index (χ0) is 24.8. The minimum atomic E-state index is -0.448. The van der Waals surface area contributed by atoms with E-state index in [1.54, 1.807) is 12.1 Å². The molecule has 1 aliphatic carbocycles. The highest BCUT2D eigenvalue weighted by Gasteiger charge is 2.32. The summed E-state index contributed by atoms with van der Waals surface area (Å²) in [5.74, 6) is 1.86. The maximum absolute atomic E-state index is 15.0. The van der Waals surface area contributed by atoms with Crippen molar-refractivity contribution in [3.63, 3.8) is 0 Å². The van der Waals surface area contributed by atoms with Crippen molar-refractivity contribution >= 4 is 16.9 Å². The highest BCUT2D eigenvalue weighted by atomic mass is 19.1. The van der Waals surface area contributed by atoms with E-state index in [-0.39, 0.29) is 24.1 Å². The van der Waals surface area contributed by atoms with E-state index in [9.17, 15) is 9.18 Å². The van der Waals surface area contributed by atoms with Gasteiger partial charge in [-0.1, -0.05) is 11.2 Å². The van der Waals surface area contributed by atoms with Gasteiger partial charge < -0.3 is 23.5 Å². The monoisotopic (exact) mass is 489 g/mol. The van der Waals surface area contributed by atoms with E-state index in [1.165, 1.54) is 13.2 Å². The number of hydrogen-bond acceptors (Lipinski definition) is 7. The van der Waals surface area contributed by atoms with Gasteiger partial charge in [0.25, 0.3) is 0 Å². The van der Waals surface area contributed by atoms with Crippen LogP contribution in [-0.4, -0.2) is 24.8 Å². The third kappa shape index (κ3) is 3.92. The Morgan fingerprint density at radius 3 is 2.86 bits per heavy atom. The van der Waals surface area contributed by atoms with Crippen molar-refractivity contribution in [2.75, 3.05) is 13.7 Å². The minimum absolute atomic E-state index is 0.0494. The Morgan fingerprint density at radius 1 is 1.14 bits per heavy atom. The van der Waals surface area contributed by atoms with E-state index in [4.69, 9.17) is 23.5 Å². The molecule has 0 N–H and O–H groups in total. The molecule has 0 saturated heterocycles. The van der Waals surface area contributed by atoms with E-state index in [1.807, 2.05) is 37.3 Å². The Balaban J connectivity index is 1.23. The van der Waals surface area contributed by atoms with Crippen molar-refractivity contribution in [3.8, 4) is 23.0 Å². The Morgan fingerprint density at radius 2 is 2.00 bits per heavy atom. The van der Waals surface area contributed by atoms with Crippen LogP contribution in [0.3, 0.4) is 0 Å². The average Bonchev–Trinajstić information content (AvgIpc) is 3.59. The van der Waals surface area contributed by atoms with Gasteiger partial charge in [0, 0.05) is 34.1 Å². The number of carbonyl (C=O) groups is 1. The summed E-state index contributed by atoms with van der Waals surface area (Å²) in [6, 6.07) is 14.1. The molecule has 0 radical (unpaired) electrons. The fourth-order valence-electron chi connectivity index (χ4n) is 5.03. The number of hydrogen-bond donors (Lipinski definition) is 0. The summed E-state index contributed by atoms with van der Waals surface area (Å²) < 4.78 is 43.2. The fourth-order valence-corrected chi connectivity index (χ4v) is 5.03. The molecule has 36 heavy (non-hydrogen) atoms. The van der Waals surface area contributed by atoms with E-state index in [2.05, 4.69) is 5.16 Å². The highest BCUT2D eigenvalue weighted by Crippen LogP contribution is 2.44. The first-order valence-electron chi connectivity index (χ1n) is 11.9. The lowest BCUT2D eigenvalue weighted by Crippen LogP contribution is -2.09. The standard InChI is InChI=1S/C28H24FNO6/c1-15-21-12-17(4-8-24(21)36-30-15)34-23-10-7-22(29)28-20(23)6-9-25(28)35-18-3-5-19-16(11-27(31)32-2)14-33-26(19)13-18/h3-5,7-8,10,12-13,16,25H,6,9,11,14H2,1-2H3/t16-,25-/m1/s1. The maximum Gasteiger partial charge on any atom is 0.306 e. The largest absolute Gasteiger partial charge is 0.492 e. The third-order valence-corrected chi connectivity index (χ3v) is 6.87. The zero-order valence-electron chi connectivity index (χ0n) is 19.9. The molecule has 2 aliphatic rings. The molecule has 2 atom stereocenters. The van der Waals surface area contributed by atoms with Crippen LogP contribution in [0, 0.1) is 12.7 Å². The van der Waals surface area contributed by atoms with Crippen LogP contribution in [0.25, 0.3) is 11.0 Å². The molecule has 0 bridgehead atoms. The number of aryl methyl sites for hydroxylation is 1. The van der Waals surface area contributed by atoms with Crippen molar-refractivity contribution < 1.29 is 32.7 Å². The molecule has 0 fully saturated rings. The number of ether oxygens (including phenoxy) is 4. The molecule has 1 aliphatic heterocycles. The molecule has 4 aromatic rings. The quantitative estimate of drug-likeness (QED) is 0.300. The summed E-state index contributed by atoms with van der Waals surface area (Å²) in [5, 5.41) is 4.85. The van der Waals surface area contributed by atoms with Gasteiger partial charge in [-0.2, -0.15) is 0 Å². The van der Waals surface area contributed by atoms with Crippen molar-refractivity contribution in [2.24, 2.45) is 0 Å². The van der Waals surface area contributed by atoms with Crippen LogP contribution in [0.4, 0.5) is 4.39 Å². The van der Waals surface area contributed by atoms with Gasteiger partial charge in [0.05, 0.1) is 25.8 Å². The summed E-state index contributed by atoms with van der Waals surface area (Å²) >= 11 is 0. The summed E-state index contributed by atoms with van der Waals surface area (Å²) in [4.78, 5) is 11.7. The second kappa shape index (κ2) is 8.86. The van der Waals surface area contributed by atoms with Crippen LogP contribution >= 0.6 is 0 Å². The summed E-state index contributed by atoms with van der Waals surface area (Å²) in [6.07, 6.45) is 1.07. The normalized spacial score (nSPS) is 18.0. The molecular formula is C28H24FNO6. The number of halogens is 1. The van der Waals surface area contributed by atoms with Gasteiger partial charge in [-0.25, -0.2) is 4.39 Å². The molecule has 0 amide bonds. The van der Waals surface area contributed by atoms with Gasteiger partial charge in [-0.3, -0.25) is 4.79 Å². The lowest BCUT2D eigenvalue weighted by Gasteiger charge is -2.17. The van der Waals surface area contributed by atoms with Crippen LogP contribution in [0.15, 0.2) is 53.1 Å². The molecule has 8 heteroatoms. The number of carbonyl (C=O) groups excluding carboxylic acids is 1. The van der Waals surface area contributed by atoms with Crippen LogP contribution in [0.2, 0.25) is 0 Å². The van der Waals surface area contributed by atoms with E-state index in [0.29, 0.717) is 53.6 Å². The molecule has 6 rings (SSSR count). The second-order valence-corrected chi connectivity index (χ2v) is 9.10. The average molecular weight is 489 g/mol. The SMILES string of the molecule is COC(=O)C[C@@H]1COc2cc(O[C@@H]3CCc4c(Oc5ccc6onc(C)c6c5)ccc(F)c43)ccc21. The van der Waals surface area contributed by atoms with Gasteiger partial charge in [-0.15, -0.1) is 0 Å². The Bertz CT molecular complexity index is 1480. The summed E-state index contributed by atoms with van der Waals surface area (Å²) in [6.45, 7) is 2.28. The van der Waals surface area contributed by atoms with E-state index >= 15 is 0 Å². The number of aromatic nitrogens is 1. The topological polar surface area (TPSA) is 80.0 Å². The predicted octanol–water partition coefficient (Wildman–Crippen LogP) is 6.17. The molecule has 3 aromatic carbocycles. The minimum Gasteiger partial charge on any atom is -0.492 e. The molecule has 0 saturated carbocycles. The van der Waals surface area contributed by atoms with Crippen LogP contribution in [-0.2, 0) is 16.0 Å². The lowest BCUT2D eigenvalue weighted by atomic mass is 9.98. The van der Waals surface area contributed by atoms with Gasteiger partial charge in [0.15, 0.2) is 5.58 Å². The summed E-state index contributed by atoms with van der Waals surface area (Å²) in [5.41, 5.74) is 3.73. The van der Waals surface area contributed by atoms with Gasteiger partial charge in [-0.05, 0) is 56.2 Å². The van der Waals surface area contributed by atoms with Crippen molar-refractivity contribution in [2.45, 2.75) is 38.2 Å². The van der Waals surface area contributed by atoms with Crippen LogP contribution < -0.4 is 14.2 Å². The van der Waals surface area contributed by atoms with E-state index < -0.39 is 6.10 Å². The fraction of sp³-hybridized carbons (Fsp3) is 0.286. The summed E-state index contributed by atoms with van der Waals surface area (Å²) in [7, 11) is 1.38. The molecule has 184 valence electrons. The number of rotatable bonds is 6. The van der Waals surface area contributed by atoms with Gasteiger partial charge in [0.1, 0.15) is 34.9 Å².